The van der Waals surface area contributed by atoms with Gasteiger partial charge in [-0.25, -0.2) is 8.42 Å². The zero-order valence-corrected chi connectivity index (χ0v) is 12.5. The Morgan fingerprint density at radius 1 is 1.50 bits per heavy atom. The molecule has 1 unspecified atom stereocenters. The molecule has 18 heavy (non-hydrogen) atoms. The Kier molecular flexibility index (Phi) is 3.71. The monoisotopic (exact) mass is 333 g/mol. The summed E-state index contributed by atoms with van der Waals surface area (Å²) in [4.78, 5) is 0. The molecule has 2 N–H and O–H groups in total. The number of phenols is 1. The van der Waals surface area contributed by atoms with Gasteiger partial charge in [-0.1, -0.05) is 6.07 Å². The zero-order valence-electron chi connectivity index (χ0n) is 10.1. The van der Waals surface area contributed by atoms with Crippen molar-refractivity contribution in [3.8, 4) is 5.75 Å². The van der Waals surface area contributed by atoms with E-state index >= 15 is 0 Å². The van der Waals surface area contributed by atoms with Crippen molar-refractivity contribution in [1.82, 2.24) is 5.32 Å². The van der Waals surface area contributed by atoms with Crippen LogP contribution in [-0.4, -0.2) is 30.6 Å². The Morgan fingerprint density at radius 3 is 2.78 bits per heavy atom. The van der Waals surface area contributed by atoms with E-state index in [0.717, 1.165) is 5.56 Å². The first-order chi connectivity index (χ1) is 8.30. The van der Waals surface area contributed by atoms with Gasteiger partial charge in [-0.3, -0.25) is 0 Å². The molecule has 100 valence electrons. The molecule has 1 aliphatic heterocycles. The van der Waals surface area contributed by atoms with Crippen molar-refractivity contribution in [3.63, 3.8) is 0 Å². The maximum absolute atomic E-state index is 11.5. The van der Waals surface area contributed by atoms with Crippen molar-refractivity contribution in [2.24, 2.45) is 0 Å². The van der Waals surface area contributed by atoms with Gasteiger partial charge in [0.1, 0.15) is 5.75 Å². The first-order valence-corrected chi connectivity index (χ1v) is 8.34. The third-order valence-electron chi connectivity index (χ3n) is 3.23. The molecule has 1 aromatic carbocycles. The minimum atomic E-state index is -2.88. The molecule has 6 heteroatoms. The molecule has 0 bridgehead atoms. The normalized spacial score (nSPS) is 26.3. The van der Waals surface area contributed by atoms with Gasteiger partial charge in [0, 0.05) is 12.1 Å². The smallest absolute Gasteiger partial charge is 0.152 e. The van der Waals surface area contributed by atoms with Crippen LogP contribution in [0.5, 0.6) is 5.75 Å². The quantitative estimate of drug-likeness (QED) is 0.885. The van der Waals surface area contributed by atoms with Gasteiger partial charge in [0.15, 0.2) is 9.84 Å². The highest BCUT2D eigenvalue weighted by Crippen LogP contribution is 2.26. The van der Waals surface area contributed by atoms with E-state index in [1.54, 1.807) is 6.07 Å². The Bertz CT molecular complexity index is 558. The first-order valence-electron chi connectivity index (χ1n) is 5.73. The van der Waals surface area contributed by atoms with Gasteiger partial charge in [-0.2, -0.15) is 0 Å². The third kappa shape index (κ3) is 3.24. The predicted molar refractivity (Wildman–Crippen MR) is 74.3 cm³/mol. The molecule has 1 atom stereocenters. The fourth-order valence-electron chi connectivity index (χ4n) is 2.13. The molecule has 0 spiro atoms. The average Bonchev–Trinajstić information content (AvgIpc) is 2.56. The molecule has 4 nitrogen and oxygen atoms in total. The zero-order chi connectivity index (χ0) is 13.4. The van der Waals surface area contributed by atoms with Crippen molar-refractivity contribution in [1.29, 1.82) is 0 Å². The number of hydrogen-bond donors (Lipinski definition) is 2. The molecule has 1 aliphatic rings. The molecule has 1 fully saturated rings. The fraction of sp³-hybridized carbons (Fsp3) is 0.500. The van der Waals surface area contributed by atoms with Crippen LogP contribution in [-0.2, 0) is 16.4 Å². The van der Waals surface area contributed by atoms with E-state index in [4.69, 9.17) is 0 Å². The number of benzene rings is 1. The van der Waals surface area contributed by atoms with Crippen LogP contribution in [0.25, 0.3) is 0 Å². The summed E-state index contributed by atoms with van der Waals surface area (Å²) in [5.74, 6) is 0.656. The van der Waals surface area contributed by atoms with Crippen molar-refractivity contribution in [2.75, 3.05) is 11.5 Å². The van der Waals surface area contributed by atoms with Crippen molar-refractivity contribution in [3.05, 3.63) is 28.2 Å². The van der Waals surface area contributed by atoms with Crippen molar-refractivity contribution < 1.29 is 13.5 Å². The van der Waals surface area contributed by atoms with Crippen LogP contribution in [0.2, 0.25) is 0 Å². The Hall–Kier alpha value is -0.590. The Balaban J connectivity index is 2.02. The lowest BCUT2D eigenvalue weighted by molar-refractivity contribution is 0.395. The van der Waals surface area contributed by atoms with E-state index in [1.807, 2.05) is 19.1 Å². The summed E-state index contributed by atoms with van der Waals surface area (Å²) >= 11 is 3.26. The van der Waals surface area contributed by atoms with Gasteiger partial charge in [0.05, 0.1) is 16.0 Å². The molecule has 1 heterocycles. The molecular weight excluding hydrogens is 318 g/mol. The highest BCUT2D eigenvalue weighted by atomic mass is 79.9. The molecule has 0 radical (unpaired) electrons. The maximum atomic E-state index is 11.5. The Labute approximate surface area is 115 Å². The molecule has 1 saturated heterocycles. The number of nitrogens with one attached hydrogen (secondary N) is 1. The predicted octanol–water partition coefficient (Wildman–Crippen LogP) is 1.82. The van der Waals surface area contributed by atoms with E-state index in [0.29, 0.717) is 17.4 Å². The molecule has 0 aliphatic carbocycles. The number of phenolic OH excluding ortho intramolecular Hbond substituents is 1. The van der Waals surface area contributed by atoms with E-state index < -0.39 is 9.84 Å². The summed E-state index contributed by atoms with van der Waals surface area (Å²) < 4.78 is 23.6. The summed E-state index contributed by atoms with van der Waals surface area (Å²) in [6, 6.07) is 5.27. The molecule has 1 aromatic rings. The van der Waals surface area contributed by atoms with Crippen LogP contribution in [0.15, 0.2) is 22.7 Å². The van der Waals surface area contributed by atoms with Gasteiger partial charge in [0.2, 0.25) is 0 Å². The lowest BCUT2D eigenvalue weighted by Gasteiger charge is -2.24. The second-order valence-corrected chi connectivity index (χ2v) is 8.08. The largest absolute Gasteiger partial charge is 0.507 e. The number of halogens is 1. The van der Waals surface area contributed by atoms with Crippen molar-refractivity contribution >= 4 is 25.8 Å². The van der Waals surface area contributed by atoms with Gasteiger partial charge in [0.25, 0.3) is 0 Å². The highest BCUT2D eigenvalue weighted by molar-refractivity contribution is 9.10. The standard InChI is InChI=1S/C12H16BrNO3S/c1-12(4-5-18(16,17)8-12)14-7-9-2-3-11(15)10(13)6-9/h2-3,6,14-15H,4-5,7-8H2,1H3. The molecule has 0 saturated carbocycles. The number of rotatable bonds is 3. The summed E-state index contributed by atoms with van der Waals surface area (Å²) in [6.07, 6.45) is 0.647. The van der Waals surface area contributed by atoms with Crippen LogP contribution < -0.4 is 5.32 Å². The van der Waals surface area contributed by atoms with Crippen LogP contribution in [0.1, 0.15) is 18.9 Å². The summed E-state index contributed by atoms with van der Waals surface area (Å²) in [5, 5.41) is 12.7. The minimum absolute atomic E-state index is 0.194. The molecule has 0 aromatic heterocycles. The second kappa shape index (κ2) is 4.83. The number of hydrogen-bond acceptors (Lipinski definition) is 4. The van der Waals surface area contributed by atoms with Gasteiger partial charge >= 0.3 is 0 Å². The summed E-state index contributed by atoms with van der Waals surface area (Å²) in [5.41, 5.74) is 0.661. The lowest BCUT2D eigenvalue weighted by atomic mass is 10.0. The number of sulfone groups is 1. The number of aromatic hydroxyl groups is 1. The highest BCUT2D eigenvalue weighted by Gasteiger charge is 2.37. The topological polar surface area (TPSA) is 66.4 Å². The third-order valence-corrected chi connectivity index (χ3v) is 5.77. The average molecular weight is 334 g/mol. The maximum Gasteiger partial charge on any atom is 0.152 e. The second-order valence-electron chi connectivity index (χ2n) is 5.04. The van der Waals surface area contributed by atoms with E-state index in [-0.39, 0.29) is 22.8 Å². The molecular formula is C12H16BrNO3S. The van der Waals surface area contributed by atoms with E-state index in [1.165, 1.54) is 0 Å². The molecule has 0 amide bonds. The van der Waals surface area contributed by atoms with Crippen LogP contribution in [0.4, 0.5) is 0 Å². The van der Waals surface area contributed by atoms with Gasteiger partial charge < -0.3 is 10.4 Å². The lowest BCUT2D eigenvalue weighted by Crippen LogP contribution is -2.42. The van der Waals surface area contributed by atoms with E-state index in [9.17, 15) is 13.5 Å². The summed E-state index contributed by atoms with van der Waals surface area (Å²) in [6.45, 7) is 2.53. The SMILES string of the molecule is CC1(NCc2ccc(O)c(Br)c2)CCS(=O)(=O)C1. The van der Waals surface area contributed by atoms with Crippen LogP contribution >= 0.6 is 15.9 Å². The van der Waals surface area contributed by atoms with Crippen LogP contribution in [0.3, 0.4) is 0 Å². The van der Waals surface area contributed by atoms with E-state index in [2.05, 4.69) is 21.2 Å². The van der Waals surface area contributed by atoms with Crippen molar-refractivity contribution in [2.45, 2.75) is 25.4 Å². The van der Waals surface area contributed by atoms with Gasteiger partial charge in [-0.15, -0.1) is 0 Å². The minimum Gasteiger partial charge on any atom is -0.507 e. The first kappa shape index (κ1) is 13.8. The Morgan fingerprint density at radius 2 is 2.22 bits per heavy atom. The van der Waals surface area contributed by atoms with Gasteiger partial charge in [-0.05, 0) is 47.0 Å². The summed E-state index contributed by atoms with van der Waals surface area (Å²) in [7, 11) is -2.88. The fourth-order valence-corrected chi connectivity index (χ4v) is 4.67. The van der Waals surface area contributed by atoms with Crippen LogP contribution in [0, 0.1) is 0 Å². The molecule has 2 rings (SSSR count).